The van der Waals surface area contributed by atoms with E-state index in [1.54, 1.807) is 5.20 Å². The van der Waals surface area contributed by atoms with Gasteiger partial charge in [0.1, 0.15) is 8.80 Å². The predicted octanol–water partition coefficient (Wildman–Crippen LogP) is 5.32. The first-order valence-corrected chi connectivity index (χ1v) is 11.9. The molecule has 3 aromatic carbocycles. The van der Waals surface area contributed by atoms with Crippen LogP contribution in [0.1, 0.15) is 31.9 Å². The maximum absolute atomic E-state index is 2.41. The van der Waals surface area contributed by atoms with Gasteiger partial charge in [-0.25, -0.2) is 0 Å². The molecule has 4 rings (SSSR count). The fourth-order valence-electron chi connectivity index (χ4n) is 4.73. The maximum Gasteiger partial charge on any atom is 0.129 e. The molecule has 0 fully saturated rings. The summed E-state index contributed by atoms with van der Waals surface area (Å²) < 4.78 is 0. The molecule has 28 heavy (non-hydrogen) atoms. The van der Waals surface area contributed by atoms with E-state index in [1.165, 1.54) is 38.2 Å². The summed E-state index contributed by atoms with van der Waals surface area (Å²) in [7, 11) is -1.49. The summed E-state index contributed by atoms with van der Waals surface area (Å²) in [6, 6.07) is 31.4. The minimum absolute atomic E-state index is 0.458. The highest BCUT2D eigenvalue weighted by atomic mass is 28.3. The monoisotopic (exact) mass is 380 g/mol. The third-order valence-corrected chi connectivity index (χ3v) is 9.90. The second-order valence-corrected chi connectivity index (χ2v) is 10.8. The van der Waals surface area contributed by atoms with Gasteiger partial charge in [-0.1, -0.05) is 119 Å². The fourth-order valence-corrected chi connectivity index (χ4v) is 8.37. The summed E-state index contributed by atoms with van der Waals surface area (Å²) in [5, 5.41) is 4.69. The summed E-state index contributed by atoms with van der Waals surface area (Å²) in [5.74, 6) is 0.458. The maximum atomic E-state index is 2.41. The van der Waals surface area contributed by atoms with Crippen LogP contribution >= 0.6 is 0 Å². The first-order valence-electron chi connectivity index (χ1n) is 10.2. The van der Waals surface area contributed by atoms with E-state index in [1.807, 2.05) is 0 Å². The lowest BCUT2D eigenvalue weighted by Crippen LogP contribution is -2.45. The second-order valence-electron chi connectivity index (χ2n) is 7.96. The van der Waals surface area contributed by atoms with Gasteiger partial charge in [0.25, 0.3) is 0 Å². The van der Waals surface area contributed by atoms with Crippen molar-refractivity contribution in [3.05, 3.63) is 112 Å². The molecule has 0 heterocycles. The van der Waals surface area contributed by atoms with Crippen LogP contribution in [-0.4, -0.2) is 8.80 Å². The number of aryl methyl sites for hydroxylation is 1. The Kier molecular flexibility index (Phi) is 5.19. The molecule has 0 bridgehead atoms. The minimum Gasteiger partial charge on any atom is -0.0640 e. The number of rotatable bonds is 4. The Hall–Kier alpha value is -2.64. The van der Waals surface area contributed by atoms with Crippen molar-refractivity contribution in [2.45, 2.75) is 27.7 Å². The first kappa shape index (κ1) is 18.7. The van der Waals surface area contributed by atoms with Gasteiger partial charge in [0.05, 0.1) is 0 Å². The van der Waals surface area contributed by atoms with Gasteiger partial charge < -0.3 is 0 Å². The van der Waals surface area contributed by atoms with Crippen molar-refractivity contribution >= 4 is 24.7 Å². The SMILES string of the molecule is CC1=C(c2ccc(C)cc2)C(C)C([SiH](c2ccccc2)c2ccccc2)=C1C. The molecule has 1 aliphatic rings. The zero-order valence-corrected chi connectivity index (χ0v) is 18.4. The third-order valence-electron chi connectivity index (χ3n) is 6.24. The summed E-state index contributed by atoms with van der Waals surface area (Å²) in [6.07, 6.45) is 0. The van der Waals surface area contributed by atoms with E-state index in [4.69, 9.17) is 0 Å². The molecule has 0 N–H and O–H groups in total. The molecular weight excluding hydrogens is 352 g/mol. The van der Waals surface area contributed by atoms with E-state index in [-0.39, 0.29) is 0 Å². The van der Waals surface area contributed by atoms with Crippen molar-refractivity contribution in [1.82, 2.24) is 0 Å². The van der Waals surface area contributed by atoms with Gasteiger partial charge in [0, 0.05) is 5.92 Å². The van der Waals surface area contributed by atoms with E-state index >= 15 is 0 Å². The number of allylic oxidation sites excluding steroid dienone is 4. The van der Waals surface area contributed by atoms with Crippen LogP contribution < -0.4 is 10.4 Å². The fraction of sp³-hybridized carbons (Fsp3) is 0.185. The third kappa shape index (κ3) is 3.31. The van der Waals surface area contributed by atoms with Crippen molar-refractivity contribution < 1.29 is 0 Å². The van der Waals surface area contributed by atoms with Gasteiger partial charge >= 0.3 is 0 Å². The van der Waals surface area contributed by atoms with Gasteiger partial charge in [0.15, 0.2) is 0 Å². The van der Waals surface area contributed by atoms with Crippen LogP contribution in [0.15, 0.2) is 101 Å². The molecule has 3 aromatic rings. The van der Waals surface area contributed by atoms with E-state index < -0.39 is 8.80 Å². The normalized spacial score (nSPS) is 17.0. The van der Waals surface area contributed by atoms with Crippen LogP contribution in [0.5, 0.6) is 0 Å². The Morgan fingerprint density at radius 2 is 1.11 bits per heavy atom. The van der Waals surface area contributed by atoms with Gasteiger partial charge in [-0.3, -0.25) is 0 Å². The molecule has 1 unspecified atom stereocenters. The van der Waals surface area contributed by atoms with Crippen molar-refractivity contribution in [1.29, 1.82) is 0 Å². The Balaban J connectivity index is 1.83. The molecule has 0 radical (unpaired) electrons. The molecular formula is C27H28Si. The van der Waals surface area contributed by atoms with Crippen LogP contribution in [0.4, 0.5) is 0 Å². The number of hydrogen-bond donors (Lipinski definition) is 0. The number of hydrogen-bond acceptors (Lipinski definition) is 0. The predicted molar refractivity (Wildman–Crippen MR) is 125 cm³/mol. The summed E-state index contributed by atoms with van der Waals surface area (Å²) in [5.41, 5.74) is 7.18. The molecule has 0 amide bonds. The molecule has 0 aromatic heterocycles. The van der Waals surface area contributed by atoms with Crippen LogP contribution in [0, 0.1) is 12.8 Å². The Labute approximate surface area is 170 Å². The number of benzene rings is 3. The summed E-state index contributed by atoms with van der Waals surface area (Å²) in [6.45, 7) is 9.23. The lowest BCUT2D eigenvalue weighted by molar-refractivity contribution is 0.948. The molecule has 0 spiro atoms. The van der Waals surface area contributed by atoms with Crippen molar-refractivity contribution in [2.24, 2.45) is 5.92 Å². The Morgan fingerprint density at radius 1 is 0.607 bits per heavy atom. The Morgan fingerprint density at radius 3 is 1.61 bits per heavy atom. The standard InChI is InChI=1S/C27H28Si/c1-19-15-17-23(18-16-19)26-20(2)21(3)27(22(26)4)28(24-11-7-5-8-12-24)25-13-9-6-10-14-25/h5-18,22,28H,1-4H3. The van der Waals surface area contributed by atoms with Gasteiger partial charge in [0.2, 0.25) is 0 Å². The lowest BCUT2D eigenvalue weighted by Gasteiger charge is -2.25. The highest BCUT2D eigenvalue weighted by Crippen LogP contribution is 2.43. The van der Waals surface area contributed by atoms with Gasteiger partial charge in [-0.2, -0.15) is 0 Å². The molecule has 0 saturated heterocycles. The molecule has 0 aliphatic heterocycles. The summed E-state index contributed by atoms with van der Waals surface area (Å²) in [4.78, 5) is 0. The first-order chi connectivity index (χ1) is 13.6. The highest BCUT2D eigenvalue weighted by Gasteiger charge is 2.34. The van der Waals surface area contributed by atoms with E-state index in [2.05, 4.69) is 113 Å². The van der Waals surface area contributed by atoms with Crippen LogP contribution in [0.3, 0.4) is 0 Å². The van der Waals surface area contributed by atoms with Crippen LogP contribution in [-0.2, 0) is 0 Å². The largest absolute Gasteiger partial charge is 0.129 e. The average molecular weight is 381 g/mol. The molecule has 1 heteroatoms. The summed E-state index contributed by atoms with van der Waals surface area (Å²) >= 11 is 0. The lowest BCUT2D eigenvalue weighted by atomic mass is 9.94. The van der Waals surface area contributed by atoms with Gasteiger partial charge in [-0.05, 0) is 37.5 Å². The quantitative estimate of drug-likeness (QED) is 0.538. The van der Waals surface area contributed by atoms with Crippen LogP contribution in [0.25, 0.3) is 5.57 Å². The molecule has 0 nitrogen and oxygen atoms in total. The topological polar surface area (TPSA) is 0 Å². The van der Waals surface area contributed by atoms with Crippen molar-refractivity contribution in [2.75, 3.05) is 0 Å². The molecule has 1 atom stereocenters. The van der Waals surface area contributed by atoms with E-state index in [0.717, 1.165) is 0 Å². The van der Waals surface area contributed by atoms with Crippen molar-refractivity contribution in [3.63, 3.8) is 0 Å². The average Bonchev–Trinajstić information content (AvgIpc) is 2.94. The zero-order chi connectivity index (χ0) is 19.7. The van der Waals surface area contributed by atoms with E-state index in [0.29, 0.717) is 5.92 Å². The van der Waals surface area contributed by atoms with Crippen molar-refractivity contribution in [3.8, 4) is 0 Å². The second kappa shape index (κ2) is 7.77. The highest BCUT2D eigenvalue weighted by molar-refractivity contribution is 6.91. The van der Waals surface area contributed by atoms with Gasteiger partial charge in [-0.15, -0.1) is 0 Å². The molecule has 0 saturated carbocycles. The molecule has 140 valence electrons. The zero-order valence-electron chi connectivity index (χ0n) is 17.2. The minimum atomic E-state index is -1.49. The van der Waals surface area contributed by atoms with E-state index in [9.17, 15) is 0 Å². The smallest absolute Gasteiger partial charge is 0.0640 e. The Bertz CT molecular complexity index is 985. The molecule has 1 aliphatic carbocycles. The van der Waals surface area contributed by atoms with Crippen LogP contribution in [0.2, 0.25) is 0 Å².